The van der Waals surface area contributed by atoms with Crippen molar-refractivity contribution < 1.29 is 35.1 Å². The van der Waals surface area contributed by atoms with Crippen molar-refractivity contribution in [2.24, 2.45) is 10.2 Å². The second-order valence-corrected chi connectivity index (χ2v) is 1.78. The fourth-order valence-electron chi connectivity index (χ4n) is 0.201. The van der Waals surface area contributed by atoms with Gasteiger partial charge in [0, 0.05) is 0 Å². The zero-order valence-corrected chi connectivity index (χ0v) is 5.92. The lowest BCUT2D eigenvalue weighted by atomic mass is 10.7. The van der Waals surface area contributed by atoms with Gasteiger partial charge in [0.25, 0.3) is 0 Å². The van der Waals surface area contributed by atoms with E-state index in [4.69, 9.17) is 0 Å². The largest absolute Gasteiger partial charge is 0.463 e. The van der Waals surface area contributed by atoms with Gasteiger partial charge >= 0.3 is 24.3 Å². The molecule has 10 heteroatoms. The van der Waals surface area contributed by atoms with Crippen LogP contribution in [0.2, 0.25) is 0 Å². The molecule has 0 unspecified atom stereocenters. The van der Waals surface area contributed by atoms with Crippen molar-refractivity contribution in [3.63, 3.8) is 0 Å². The van der Waals surface area contributed by atoms with E-state index in [0.717, 1.165) is 0 Å². The normalized spacial score (nSPS) is 16.0. The topological polar surface area (TPSA) is 24.7 Å². The Balaban J connectivity index is 4.73. The lowest BCUT2D eigenvalue weighted by Crippen LogP contribution is -2.20. The van der Waals surface area contributed by atoms with Crippen molar-refractivity contribution in [3.8, 4) is 0 Å². The number of alkyl halides is 6. The number of rotatable bonds is 1. The summed E-state index contributed by atoms with van der Waals surface area (Å²) in [7, 11) is 0. The number of halogens is 8. The Bertz CT molecular complexity index is 229. The van der Waals surface area contributed by atoms with Gasteiger partial charge in [0.2, 0.25) is 0 Å². The van der Waals surface area contributed by atoms with Crippen LogP contribution in [0.5, 0.6) is 0 Å². The summed E-state index contributed by atoms with van der Waals surface area (Å²) in [6, 6.07) is 0. The Labute approximate surface area is 70.9 Å². The average molecular weight is 228 g/mol. The van der Waals surface area contributed by atoms with Crippen LogP contribution < -0.4 is 0 Å². The van der Waals surface area contributed by atoms with Gasteiger partial charge in [-0.1, -0.05) is 0 Å². The lowest BCUT2D eigenvalue weighted by molar-refractivity contribution is -0.0700. The minimum Gasteiger partial charge on any atom is -0.178 e. The van der Waals surface area contributed by atoms with E-state index in [9.17, 15) is 35.1 Å². The molecular weight excluding hydrogens is 228 g/mol. The summed E-state index contributed by atoms with van der Waals surface area (Å²) in [4.78, 5) is 0. The molecule has 0 amide bonds. The zero-order chi connectivity index (χ0) is 11.6. The highest BCUT2D eigenvalue weighted by Crippen LogP contribution is 2.20. The van der Waals surface area contributed by atoms with Gasteiger partial charge in [-0.3, -0.25) is 0 Å². The van der Waals surface area contributed by atoms with E-state index in [1.807, 2.05) is 0 Å². The maximum absolute atomic E-state index is 11.6. The molecule has 0 aliphatic carbocycles. The Morgan fingerprint density at radius 3 is 1.00 bits per heavy atom. The number of nitrogens with zero attached hydrogens (tertiary/aromatic N) is 2. The fourth-order valence-corrected chi connectivity index (χ4v) is 0.201. The molecule has 0 spiro atoms. The van der Waals surface area contributed by atoms with Gasteiger partial charge in [-0.15, -0.1) is 10.2 Å². The van der Waals surface area contributed by atoms with E-state index in [2.05, 4.69) is 0 Å². The van der Waals surface area contributed by atoms with Crippen LogP contribution in [0.3, 0.4) is 0 Å². The van der Waals surface area contributed by atoms with Gasteiger partial charge in [0.15, 0.2) is 0 Å². The maximum atomic E-state index is 11.6. The third-order valence-corrected chi connectivity index (χ3v) is 0.693. The van der Waals surface area contributed by atoms with Gasteiger partial charge < -0.3 is 0 Å². The summed E-state index contributed by atoms with van der Waals surface area (Å²) < 4.78 is 90.6. The van der Waals surface area contributed by atoms with E-state index in [1.165, 1.54) is 10.2 Å². The average Bonchev–Trinajstić information content (AvgIpc) is 1.95. The fraction of sp³-hybridized carbons (Fsp3) is 0.500. The summed E-state index contributed by atoms with van der Waals surface area (Å²) in [6.45, 7) is 0. The lowest BCUT2D eigenvalue weighted by Gasteiger charge is -2.00. The van der Waals surface area contributed by atoms with Gasteiger partial charge in [-0.2, -0.15) is 35.1 Å². The molecule has 82 valence electrons. The Morgan fingerprint density at radius 2 is 0.857 bits per heavy atom. The van der Waals surface area contributed by atoms with Crippen LogP contribution >= 0.6 is 0 Å². The first kappa shape index (κ1) is 12.8. The Hall–Kier alpha value is -1.22. The van der Waals surface area contributed by atoms with Crippen LogP contribution in [0.1, 0.15) is 0 Å². The third-order valence-electron chi connectivity index (χ3n) is 0.693. The molecule has 0 aliphatic rings. The molecule has 0 aliphatic heterocycles. The molecule has 0 rings (SSSR count). The standard InChI is InChI=1S/C4F8N2/c5-1(3(7,8)9)13-14-2(6)4(10,11)12/b13-1-,14-2-. The smallest absolute Gasteiger partial charge is 0.178 e. The van der Waals surface area contributed by atoms with E-state index in [0.29, 0.717) is 0 Å². The van der Waals surface area contributed by atoms with Crippen LogP contribution in [-0.4, -0.2) is 24.3 Å². The highest BCUT2D eigenvalue weighted by atomic mass is 19.4. The van der Waals surface area contributed by atoms with Crippen LogP contribution in [0, 0.1) is 0 Å². The molecule has 0 heterocycles. The summed E-state index contributed by atoms with van der Waals surface area (Å²) in [6.07, 6.45) is -11.2. The molecule has 0 saturated carbocycles. The van der Waals surface area contributed by atoms with Crippen LogP contribution in [0.25, 0.3) is 0 Å². The summed E-state index contributed by atoms with van der Waals surface area (Å²) in [5, 5.41) is 2.76. The van der Waals surface area contributed by atoms with E-state index in [-0.39, 0.29) is 0 Å². The molecule has 0 aromatic rings. The molecule has 0 aromatic heterocycles. The van der Waals surface area contributed by atoms with E-state index < -0.39 is 24.3 Å². The molecule has 0 radical (unpaired) electrons. The molecule has 0 aromatic carbocycles. The van der Waals surface area contributed by atoms with Crippen molar-refractivity contribution in [1.82, 2.24) is 0 Å². The van der Waals surface area contributed by atoms with Gasteiger partial charge in [-0.25, -0.2) is 0 Å². The molecule has 14 heavy (non-hydrogen) atoms. The van der Waals surface area contributed by atoms with Crippen molar-refractivity contribution >= 4 is 11.9 Å². The monoisotopic (exact) mass is 228 g/mol. The zero-order valence-electron chi connectivity index (χ0n) is 5.92. The van der Waals surface area contributed by atoms with Crippen molar-refractivity contribution in [1.29, 1.82) is 0 Å². The first-order valence-electron chi connectivity index (χ1n) is 2.66. The Kier molecular flexibility index (Phi) is 3.54. The predicted octanol–water partition coefficient (Wildman–Crippen LogP) is 2.76. The van der Waals surface area contributed by atoms with Gasteiger partial charge in [0.1, 0.15) is 0 Å². The molecular formula is C4F8N2. The summed E-state index contributed by atoms with van der Waals surface area (Å²) in [5.41, 5.74) is 0. The maximum Gasteiger partial charge on any atom is 0.463 e. The molecule has 0 fully saturated rings. The molecule has 0 saturated heterocycles. The van der Waals surface area contributed by atoms with Crippen LogP contribution in [0.4, 0.5) is 35.1 Å². The van der Waals surface area contributed by atoms with Crippen molar-refractivity contribution in [3.05, 3.63) is 0 Å². The van der Waals surface area contributed by atoms with E-state index in [1.54, 1.807) is 0 Å². The molecule has 0 N–H and O–H groups in total. The summed E-state index contributed by atoms with van der Waals surface area (Å²) >= 11 is 0. The molecule has 2 nitrogen and oxygen atoms in total. The SMILES string of the molecule is F/C(=N\N=C(/F)C(F)(F)F)C(F)(F)F. The van der Waals surface area contributed by atoms with E-state index >= 15 is 0 Å². The predicted molar refractivity (Wildman–Crippen MR) is 29.2 cm³/mol. The van der Waals surface area contributed by atoms with Gasteiger partial charge in [0.05, 0.1) is 0 Å². The first-order chi connectivity index (χ1) is 6.05. The molecule has 0 atom stereocenters. The van der Waals surface area contributed by atoms with Crippen molar-refractivity contribution in [2.45, 2.75) is 12.4 Å². The quantitative estimate of drug-likeness (QED) is 0.374. The van der Waals surface area contributed by atoms with Gasteiger partial charge in [-0.05, 0) is 0 Å². The van der Waals surface area contributed by atoms with Crippen LogP contribution in [-0.2, 0) is 0 Å². The minimum atomic E-state index is -5.59. The highest BCUT2D eigenvalue weighted by Gasteiger charge is 2.39. The van der Waals surface area contributed by atoms with Crippen molar-refractivity contribution in [2.75, 3.05) is 0 Å². The second-order valence-electron chi connectivity index (χ2n) is 1.78. The number of hydrogen-bond donors (Lipinski definition) is 0. The second kappa shape index (κ2) is 3.88. The summed E-state index contributed by atoms with van der Waals surface area (Å²) in [5.74, 6) is -6.34. The van der Waals surface area contributed by atoms with Crippen LogP contribution in [0.15, 0.2) is 10.2 Å². The Morgan fingerprint density at radius 1 is 0.643 bits per heavy atom. The first-order valence-corrected chi connectivity index (χ1v) is 2.66. The highest BCUT2D eigenvalue weighted by molar-refractivity contribution is 5.84. The minimum absolute atomic E-state index is 1.38. The molecule has 0 bridgehead atoms. The number of hydrogen-bond acceptors (Lipinski definition) is 2. The third kappa shape index (κ3) is 4.14.